The van der Waals surface area contributed by atoms with Crippen molar-refractivity contribution in [3.8, 4) is 0 Å². The van der Waals surface area contributed by atoms with Crippen LogP contribution < -0.4 is 10.6 Å². The van der Waals surface area contributed by atoms with Crippen LogP contribution in [-0.2, 0) is 17.6 Å². The number of fused-ring (bicyclic) bond motifs is 3. The lowest BCUT2D eigenvalue weighted by Crippen LogP contribution is -2.24. The Balaban J connectivity index is 1.34. The summed E-state index contributed by atoms with van der Waals surface area (Å²) in [5.41, 5.74) is 5.35. The van der Waals surface area contributed by atoms with Crippen molar-refractivity contribution in [3.05, 3.63) is 77.7 Å². The van der Waals surface area contributed by atoms with Gasteiger partial charge in [0.05, 0.1) is 11.1 Å². The number of aromatic nitrogens is 3. The maximum absolute atomic E-state index is 13.1. The van der Waals surface area contributed by atoms with E-state index in [2.05, 4.69) is 26.8 Å². The van der Waals surface area contributed by atoms with Gasteiger partial charge in [0, 0.05) is 34.8 Å². The average Bonchev–Trinajstić information content (AvgIpc) is 3.46. The number of nitrogens with zero attached hydrogens (tertiary/aromatic N) is 2. The van der Waals surface area contributed by atoms with E-state index in [1.165, 1.54) is 24.1 Å². The van der Waals surface area contributed by atoms with Crippen LogP contribution in [0.15, 0.2) is 60.9 Å². The van der Waals surface area contributed by atoms with Gasteiger partial charge in [-0.1, -0.05) is 18.2 Å². The van der Waals surface area contributed by atoms with Gasteiger partial charge in [-0.15, -0.1) is 0 Å². The predicted octanol–water partition coefficient (Wildman–Crippen LogP) is 4.70. The lowest BCUT2D eigenvalue weighted by Gasteiger charge is -2.13. The minimum atomic E-state index is -0.445. The van der Waals surface area contributed by atoms with Crippen LogP contribution in [0.4, 0.5) is 11.4 Å². The highest BCUT2D eigenvalue weighted by molar-refractivity contribution is 6.12. The summed E-state index contributed by atoms with van der Waals surface area (Å²) in [7, 11) is 0. The maximum atomic E-state index is 13.1. The Morgan fingerprint density at radius 2 is 1.81 bits per heavy atom. The van der Waals surface area contributed by atoms with Crippen molar-refractivity contribution in [1.29, 1.82) is 0 Å². The number of carbonyl (C=O) groups is 2. The summed E-state index contributed by atoms with van der Waals surface area (Å²) in [4.78, 5) is 29.1. The van der Waals surface area contributed by atoms with Crippen molar-refractivity contribution < 1.29 is 9.59 Å². The third kappa shape index (κ3) is 3.77. The number of nitrogens with one attached hydrogen (secondary N) is 3. The molecule has 1 atom stereocenters. The van der Waals surface area contributed by atoms with Crippen molar-refractivity contribution in [1.82, 2.24) is 14.8 Å². The van der Waals surface area contributed by atoms with Gasteiger partial charge in [0.15, 0.2) is 0 Å². The molecule has 0 saturated heterocycles. The molecule has 0 aliphatic heterocycles. The number of hydrogen-bond acceptors (Lipinski definition) is 3. The third-order valence-corrected chi connectivity index (χ3v) is 6.07. The molecule has 2 amide bonds. The van der Waals surface area contributed by atoms with Gasteiger partial charge in [-0.25, -0.2) is 0 Å². The summed E-state index contributed by atoms with van der Waals surface area (Å²) in [5, 5.41) is 11.1. The topological polar surface area (TPSA) is 91.8 Å². The number of hydrogen-bond donors (Lipinski definition) is 3. The molecule has 2 aromatic carbocycles. The first kappa shape index (κ1) is 20.1. The van der Waals surface area contributed by atoms with E-state index in [1.54, 1.807) is 48.3 Å². The SMILES string of the molecule is CC(C(=O)Nc1cccc(NC(=O)c2cccc3c4c([nH]c23)CCCC4)c1)n1cccn1. The highest BCUT2D eigenvalue weighted by Gasteiger charge is 2.20. The van der Waals surface area contributed by atoms with Crippen LogP contribution in [0.3, 0.4) is 0 Å². The first-order chi connectivity index (χ1) is 15.6. The summed E-state index contributed by atoms with van der Waals surface area (Å²) in [6, 6.07) is 14.4. The van der Waals surface area contributed by atoms with Gasteiger partial charge in [-0.2, -0.15) is 5.10 Å². The molecule has 1 unspecified atom stereocenters. The van der Waals surface area contributed by atoms with E-state index in [4.69, 9.17) is 0 Å². The van der Waals surface area contributed by atoms with Crippen molar-refractivity contribution >= 4 is 34.1 Å². The second-order valence-corrected chi connectivity index (χ2v) is 8.20. The summed E-state index contributed by atoms with van der Waals surface area (Å²) < 4.78 is 1.59. The Bertz CT molecular complexity index is 1290. The predicted molar refractivity (Wildman–Crippen MR) is 125 cm³/mol. The number of H-pyrrole nitrogens is 1. The molecule has 0 saturated carbocycles. The zero-order chi connectivity index (χ0) is 22.1. The van der Waals surface area contributed by atoms with Gasteiger partial charge in [-0.05, 0) is 68.5 Å². The van der Waals surface area contributed by atoms with Gasteiger partial charge in [0.25, 0.3) is 5.91 Å². The van der Waals surface area contributed by atoms with Crippen LogP contribution in [0, 0.1) is 0 Å². The number of para-hydroxylation sites is 1. The van der Waals surface area contributed by atoms with Crippen LogP contribution in [0.2, 0.25) is 0 Å². The van der Waals surface area contributed by atoms with E-state index in [1.807, 2.05) is 18.2 Å². The minimum absolute atomic E-state index is 0.178. The molecular weight excluding hydrogens is 402 g/mol. The summed E-state index contributed by atoms with van der Waals surface area (Å²) in [6.07, 6.45) is 7.84. The monoisotopic (exact) mass is 427 g/mol. The van der Waals surface area contributed by atoms with Crippen LogP contribution in [-0.4, -0.2) is 26.6 Å². The molecule has 3 N–H and O–H groups in total. The standard InChI is InChI=1S/C25H25N5O2/c1-16(30-14-6-13-26-30)24(31)27-17-7-4-8-18(15-17)28-25(32)21-11-5-10-20-19-9-2-3-12-22(19)29-23(20)21/h4-8,10-11,13-16,29H,2-3,9,12H2,1H3,(H,27,31)(H,28,32). The quantitative estimate of drug-likeness (QED) is 0.431. The first-order valence-electron chi connectivity index (χ1n) is 10.9. The second-order valence-electron chi connectivity index (χ2n) is 8.20. The molecule has 162 valence electrons. The summed E-state index contributed by atoms with van der Waals surface area (Å²) in [6.45, 7) is 1.78. The van der Waals surface area contributed by atoms with Crippen LogP contribution in [0.1, 0.15) is 47.4 Å². The highest BCUT2D eigenvalue weighted by atomic mass is 16.2. The smallest absolute Gasteiger partial charge is 0.257 e. The summed E-state index contributed by atoms with van der Waals surface area (Å²) >= 11 is 0. The van der Waals surface area contributed by atoms with E-state index in [0.717, 1.165) is 23.7 Å². The molecule has 32 heavy (non-hydrogen) atoms. The lowest BCUT2D eigenvalue weighted by atomic mass is 9.95. The fourth-order valence-electron chi connectivity index (χ4n) is 4.37. The number of rotatable bonds is 5. The van der Waals surface area contributed by atoms with Gasteiger partial charge >= 0.3 is 0 Å². The molecule has 5 rings (SSSR count). The fourth-order valence-corrected chi connectivity index (χ4v) is 4.37. The van der Waals surface area contributed by atoms with Crippen LogP contribution >= 0.6 is 0 Å². The molecule has 0 bridgehead atoms. The Kier molecular flexibility index (Phi) is 5.23. The van der Waals surface area contributed by atoms with Gasteiger partial charge in [-0.3, -0.25) is 14.3 Å². The zero-order valence-corrected chi connectivity index (χ0v) is 17.9. The molecule has 0 fully saturated rings. The Labute approximate surface area is 185 Å². The van der Waals surface area contributed by atoms with E-state index in [9.17, 15) is 9.59 Å². The van der Waals surface area contributed by atoms with Crippen LogP contribution in [0.25, 0.3) is 10.9 Å². The number of aromatic amines is 1. The minimum Gasteiger partial charge on any atom is -0.358 e. The molecule has 2 heterocycles. The fraction of sp³-hybridized carbons (Fsp3) is 0.240. The van der Waals surface area contributed by atoms with E-state index >= 15 is 0 Å². The Morgan fingerprint density at radius 3 is 2.62 bits per heavy atom. The molecule has 2 aromatic heterocycles. The maximum Gasteiger partial charge on any atom is 0.257 e. The number of aryl methyl sites for hydroxylation is 2. The van der Waals surface area contributed by atoms with E-state index in [-0.39, 0.29) is 11.8 Å². The molecule has 0 radical (unpaired) electrons. The van der Waals surface area contributed by atoms with Crippen molar-refractivity contribution in [2.45, 2.75) is 38.6 Å². The van der Waals surface area contributed by atoms with Crippen molar-refractivity contribution in [3.63, 3.8) is 0 Å². The first-order valence-corrected chi connectivity index (χ1v) is 10.9. The normalized spacial score (nSPS) is 14.0. The Hall–Kier alpha value is -3.87. The lowest BCUT2D eigenvalue weighted by molar-refractivity contribution is -0.119. The molecule has 0 spiro atoms. The van der Waals surface area contributed by atoms with Gasteiger partial charge < -0.3 is 15.6 Å². The second kappa shape index (κ2) is 8.34. The average molecular weight is 428 g/mol. The van der Waals surface area contributed by atoms with Crippen LogP contribution in [0.5, 0.6) is 0 Å². The molecule has 7 heteroatoms. The number of amides is 2. The molecule has 1 aliphatic carbocycles. The zero-order valence-electron chi connectivity index (χ0n) is 17.9. The number of benzene rings is 2. The Morgan fingerprint density at radius 1 is 1.03 bits per heavy atom. The van der Waals surface area contributed by atoms with E-state index in [0.29, 0.717) is 16.9 Å². The third-order valence-electron chi connectivity index (χ3n) is 6.07. The van der Waals surface area contributed by atoms with Crippen molar-refractivity contribution in [2.24, 2.45) is 0 Å². The highest BCUT2D eigenvalue weighted by Crippen LogP contribution is 2.31. The molecular formula is C25H25N5O2. The number of anilines is 2. The van der Waals surface area contributed by atoms with Gasteiger partial charge in [0.2, 0.25) is 5.91 Å². The van der Waals surface area contributed by atoms with Crippen molar-refractivity contribution in [2.75, 3.05) is 10.6 Å². The molecule has 7 nitrogen and oxygen atoms in total. The summed E-state index contributed by atoms with van der Waals surface area (Å²) in [5.74, 6) is -0.360. The molecule has 1 aliphatic rings. The van der Waals surface area contributed by atoms with Gasteiger partial charge in [0.1, 0.15) is 6.04 Å². The largest absolute Gasteiger partial charge is 0.358 e. The van der Waals surface area contributed by atoms with E-state index < -0.39 is 6.04 Å². The molecule has 4 aromatic rings. The number of carbonyl (C=O) groups excluding carboxylic acids is 2.